The van der Waals surface area contributed by atoms with Crippen molar-refractivity contribution in [2.45, 2.75) is 19.6 Å². The molecule has 1 fully saturated rings. The van der Waals surface area contributed by atoms with Gasteiger partial charge in [0.15, 0.2) is 5.13 Å². The molecule has 0 atom stereocenters. The van der Waals surface area contributed by atoms with Crippen LogP contribution in [-0.4, -0.2) is 52.8 Å². The van der Waals surface area contributed by atoms with Gasteiger partial charge < -0.3 is 18.9 Å². The van der Waals surface area contributed by atoms with Crippen LogP contribution >= 0.6 is 11.3 Å². The van der Waals surface area contributed by atoms with Crippen LogP contribution in [0.5, 0.6) is 5.75 Å². The second-order valence-electron chi connectivity index (χ2n) is 8.35. The minimum absolute atomic E-state index is 0.755. The number of hydrogen-bond donors (Lipinski definition) is 0. The number of methoxy groups -OCH3 is 1. The van der Waals surface area contributed by atoms with Gasteiger partial charge in [0.25, 0.3) is 0 Å². The molecule has 2 aromatic carbocycles. The van der Waals surface area contributed by atoms with Gasteiger partial charge in [-0.2, -0.15) is 0 Å². The molecule has 1 saturated heterocycles. The molecule has 0 unspecified atom stereocenters. The Kier molecular flexibility index (Phi) is 7.19. The maximum Gasteiger partial charge on any atom is 0.186 e. The SMILES string of the molecule is COc1cccc(CN(Cc2ccc(-n3ccnc3)cc2)c2nc(CN3CCOCC3)cs2)c1. The molecule has 4 aromatic rings. The fourth-order valence-electron chi connectivity index (χ4n) is 4.09. The summed E-state index contributed by atoms with van der Waals surface area (Å²) in [4.78, 5) is 13.9. The minimum atomic E-state index is 0.755. The number of hydrogen-bond acceptors (Lipinski definition) is 7. The Hall–Kier alpha value is -3.20. The summed E-state index contributed by atoms with van der Waals surface area (Å²) < 4.78 is 12.9. The summed E-state index contributed by atoms with van der Waals surface area (Å²) in [5, 5.41) is 3.22. The molecular formula is C26H29N5O2S. The first-order valence-electron chi connectivity index (χ1n) is 11.5. The Labute approximate surface area is 204 Å². The number of aromatic nitrogens is 3. The molecule has 7 nitrogen and oxygen atoms in total. The third kappa shape index (κ3) is 5.64. The lowest BCUT2D eigenvalue weighted by atomic mass is 10.1. The van der Waals surface area contributed by atoms with Crippen molar-refractivity contribution in [1.29, 1.82) is 0 Å². The first-order chi connectivity index (χ1) is 16.8. The molecule has 0 spiro atoms. The van der Waals surface area contributed by atoms with E-state index < -0.39 is 0 Å². The number of morpholine rings is 1. The highest BCUT2D eigenvalue weighted by Gasteiger charge is 2.16. The summed E-state index contributed by atoms with van der Waals surface area (Å²) >= 11 is 1.71. The van der Waals surface area contributed by atoms with Crippen molar-refractivity contribution in [3.05, 3.63) is 89.5 Å². The summed E-state index contributed by atoms with van der Waals surface area (Å²) in [6.07, 6.45) is 5.56. The highest BCUT2D eigenvalue weighted by molar-refractivity contribution is 7.13. The van der Waals surface area contributed by atoms with Crippen LogP contribution in [0.15, 0.2) is 72.6 Å². The summed E-state index contributed by atoms with van der Waals surface area (Å²) in [5.41, 5.74) is 4.65. The molecular weight excluding hydrogens is 446 g/mol. The first-order valence-corrected chi connectivity index (χ1v) is 12.3. The Morgan fingerprint density at radius 1 is 1.06 bits per heavy atom. The molecule has 0 N–H and O–H groups in total. The van der Waals surface area contributed by atoms with Gasteiger partial charge in [-0.25, -0.2) is 9.97 Å². The number of benzene rings is 2. The average Bonchev–Trinajstić information content (AvgIpc) is 3.58. The summed E-state index contributed by atoms with van der Waals surface area (Å²) in [5.74, 6) is 0.870. The molecule has 5 rings (SSSR count). The molecule has 34 heavy (non-hydrogen) atoms. The Morgan fingerprint density at radius 2 is 1.88 bits per heavy atom. The minimum Gasteiger partial charge on any atom is -0.497 e. The van der Waals surface area contributed by atoms with Crippen molar-refractivity contribution in [3.63, 3.8) is 0 Å². The van der Waals surface area contributed by atoms with Crippen molar-refractivity contribution in [2.75, 3.05) is 38.3 Å². The topological polar surface area (TPSA) is 55.7 Å². The molecule has 8 heteroatoms. The molecule has 2 aromatic heterocycles. The zero-order chi connectivity index (χ0) is 23.2. The van der Waals surface area contributed by atoms with Crippen LogP contribution < -0.4 is 9.64 Å². The number of rotatable bonds is 9. The van der Waals surface area contributed by atoms with Crippen LogP contribution in [0.2, 0.25) is 0 Å². The highest BCUT2D eigenvalue weighted by Crippen LogP contribution is 2.27. The van der Waals surface area contributed by atoms with E-state index in [4.69, 9.17) is 14.5 Å². The van der Waals surface area contributed by atoms with Gasteiger partial charge in [0.05, 0.1) is 32.3 Å². The van der Waals surface area contributed by atoms with Gasteiger partial charge in [0.1, 0.15) is 5.75 Å². The van der Waals surface area contributed by atoms with Gasteiger partial charge in [-0.1, -0.05) is 24.3 Å². The number of nitrogens with zero attached hydrogens (tertiary/aromatic N) is 5. The molecule has 3 heterocycles. The van der Waals surface area contributed by atoms with Crippen LogP contribution in [0.1, 0.15) is 16.8 Å². The monoisotopic (exact) mass is 475 g/mol. The van der Waals surface area contributed by atoms with Crippen LogP contribution in [0.3, 0.4) is 0 Å². The second kappa shape index (κ2) is 10.8. The largest absolute Gasteiger partial charge is 0.497 e. The van der Waals surface area contributed by atoms with E-state index in [1.165, 1.54) is 11.1 Å². The normalized spacial score (nSPS) is 14.3. The van der Waals surface area contributed by atoms with Crippen molar-refractivity contribution in [3.8, 4) is 11.4 Å². The summed E-state index contributed by atoms with van der Waals surface area (Å²) in [7, 11) is 1.71. The molecule has 0 amide bonds. The first kappa shape index (κ1) is 22.6. The predicted molar refractivity (Wildman–Crippen MR) is 135 cm³/mol. The Bertz CT molecular complexity index is 1170. The van der Waals surface area contributed by atoms with E-state index in [0.717, 1.165) is 68.2 Å². The highest BCUT2D eigenvalue weighted by atomic mass is 32.1. The van der Waals surface area contributed by atoms with E-state index in [0.29, 0.717) is 0 Å². The van der Waals surface area contributed by atoms with Crippen molar-refractivity contribution < 1.29 is 9.47 Å². The Morgan fingerprint density at radius 3 is 2.65 bits per heavy atom. The maximum atomic E-state index is 5.48. The van der Waals surface area contributed by atoms with E-state index in [1.54, 1.807) is 24.6 Å². The molecule has 0 aliphatic carbocycles. The summed E-state index contributed by atoms with van der Waals surface area (Å²) in [6.45, 7) is 5.92. The fourth-order valence-corrected chi connectivity index (χ4v) is 4.91. The van der Waals surface area contributed by atoms with E-state index in [-0.39, 0.29) is 0 Å². The van der Waals surface area contributed by atoms with Gasteiger partial charge in [-0.15, -0.1) is 11.3 Å². The lowest BCUT2D eigenvalue weighted by Gasteiger charge is -2.26. The van der Waals surface area contributed by atoms with Gasteiger partial charge >= 0.3 is 0 Å². The lowest BCUT2D eigenvalue weighted by molar-refractivity contribution is 0.0337. The zero-order valence-corrected chi connectivity index (χ0v) is 20.2. The molecule has 1 aliphatic rings. The van der Waals surface area contributed by atoms with Gasteiger partial charge in [0, 0.05) is 56.2 Å². The molecule has 0 bridgehead atoms. The third-order valence-electron chi connectivity index (χ3n) is 5.92. The third-order valence-corrected chi connectivity index (χ3v) is 6.87. The standard InChI is InChI=1S/C26H29N5O2S/c1-32-25-4-2-3-22(15-25)17-31(16-21-5-7-24(8-6-21)30-10-9-27-20-30)26-28-23(19-34-26)18-29-11-13-33-14-12-29/h2-10,15,19-20H,11-14,16-18H2,1H3. The summed E-state index contributed by atoms with van der Waals surface area (Å²) in [6, 6.07) is 16.9. The molecule has 1 aliphatic heterocycles. The van der Waals surface area contributed by atoms with E-state index in [1.807, 2.05) is 29.2 Å². The second-order valence-corrected chi connectivity index (χ2v) is 9.19. The predicted octanol–water partition coefficient (Wildman–Crippen LogP) is 4.38. The maximum absolute atomic E-state index is 5.48. The van der Waals surface area contributed by atoms with Crippen LogP contribution in [0.25, 0.3) is 5.69 Å². The van der Waals surface area contributed by atoms with Crippen molar-refractivity contribution in [2.24, 2.45) is 0 Å². The lowest BCUT2D eigenvalue weighted by Crippen LogP contribution is -2.35. The van der Waals surface area contributed by atoms with Gasteiger partial charge in [-0.3, -0.25) is 4.90 Å². The molecule has 0 radical (unpaired) electrons. The van der Waals surface area contributed by atoms with Crippen molar-refractivity contribution >= 4 is 16.5 Å². The quantitative estimate of drug-likeness (QED) is 0.358. The van der Waals surface area contributed by atoms with E-state index in [2.05, 4.69) is 56.6 Å². The zero-order valence-electron chi connectivity index (χ0n) is 19.3. The smallest absolute Gasteiger partial charge is 0.186 e. The van der Waals surface area contributed by atoms with E-state index in [9.17, 15) is 0 Å². The fraction of sp³-hybridized carbons (Fsp3) is 0.308. The van der Waals surface area contributed by atoms with Crippen molar-refractivity contribution in [1.82, 2.24) is 19.4 Å². The van der Waals surface area contributed by atoms with Gasteiger partial charge in [0.2, 0.25) is 0 Å². The Balaban J connectivity index is 1.35. The van der Waals surface area contributed by atoms with Crippen LogP contribution in [0, 0.1) is 0 Å². The molecule has 176 valence electrons. The average molecular weight is 476 g/mol. The number of imidazole rings is 1. The van der Waals surface area contributed by atoms with E-state index >= 15 is 0 Å². The van der Waals surface area contributed by atoms with Crippen LogP contribution in [-0.2, 0) is 24.4 Å². The molecule has 0 saturated carbocycles. The van der Waals surface area contributed by atoms with Gasteiger partial charge in [-0.05, 0) is 35.4 Å². The number of ether oxygens (including phenoxy) is 2. The number of anilines is 1. The van der Waals surface area contributed by atoms with Crippen LogP contribution in [0.4, 0.5) is 5.13 Å². The number of thiazole rings is 1.